The van der Waals surface area contributed by atoms with Crippen LogP contribution in [0.1, 0.15) is 26.2 Å². The molecule has 3 atom stereocenters. The molecule has 3 unspecified atom stereocenters. The molecule has 1 aliphatic heterocycles. The van der Waals surface area contributed by atoms with E-state index in [2.05, 4.69) is 5.32 Å². The molecule has 3 N–H and O–H groups in total. The Labute approximate surface area is 96.3 Å². The quantitative estimate of drug-likeness (QED) is 0.728. The van der Waals surface area contributed by atoms with Crippen LogP contribution in [0.5, 0.6) is 0 Å². The lowest BCUT2D eigenvalue weighted by molar-refractivity contribution is -0.0293. The molecular weight excluding hydrogens is 206 g/mol. The van der Waals surface area contributed by atoms with Crippen LogP contribution in [-0.2, 0) is 4.74 Å². The van der Waals surface area contributed by atoms with Crippen molar-refractivity contribution >= 4 is 6.03 Å². The second kappa shape index (κ2) is 5.01. The molecule has 0 aromatic heterocycles. The standard InChI is InChI=1S/C11H21N3O2/c1-2-16-9-7-8(12)10(9)13-11(15)14-5-3-4-6-14/h8-10H,2-7,12H2,1H3,(H,13,15). The van der Waals surface area contributed by atoms with Gasteiger partial charge in [-0.05, 0) is 26.2 Å². The first-order valence-electron chi connectivity index (χ1n) is 6.15. The zero-order valence-electron chi connectivity index (χ0n) is 9.82. The Morgan fingerprint density at radius 2 is 2.19 bits per heavy atom. The van der Waals surface area contributed by atoms with Gasteiger partial charge in [0, 0.05) is 25.7 Å². The molecule has 5 heteroatoms. The summed E-state index contributed by atoms with van der Waals surface area (Å²) < 4.78 is 5.51. The normalized spacial score (nSPS) is 33.6. The fourth-order valence-corrected chi connectivity index (χ4v) is 2.38. The summed E-state index contributed by atoms with van der Waals surface area (Å²) >= 11 is 0. The largest absolute Gasteiger partial charge is 0.376 e. The van der Waals surface area contributed by atoms with Crippen LogP contribution in [0.25, 0.3) is 0 Å². The van der Waals surface area contributed by atoms with E-state index < -0.39 is 0 Å². The smallest absolute Gasteiger partial charge is 0.317 e. The van der Waals surface area contributed by atoms with E-state index in [1.54, 1.807) is 0 Å². The maximum absolute atomic E-state index is 11.8. The minimum atomic E-state index is -0.00644. The molecule has 0 aromatic rings. The Morgan fingerprint density at radius 3 is 2.75 bits per heavy atom. The van der Waals surface area contributed by atoms with Crippen molar-refractivity contribution in [1.29, 1.82) is 0 Å². The van der Waals surface area contributed by atoms with Gasteiger partial charge < -0.3 is 20.7 Å². The molecule has 2 aliphatic rings. The number of nitrogens with one attached hydrogen (secondary N) is 1. The van der Waals surface area contributed by atoms with E-state index in [1.807, 2.05) is 11.8 Å². The molecule has 1 aliphatic carbocycles. The molecule has 0 radical (unpaired) electrons. The van der Waals surface area contributed by atoms with E-state index in [1.165, 1.54) is 0 Å². The van der Waals surface area contributed by atoms with Crippen molar-refractivity contribution in [2.75, 3.05) is 19.7 Å². The van der Waals surface area contributed by atoms with Crippen molar-refractivity contribution in [3.63, 3.8) is 0 Å². The average molecular weight is 227 g/mol. The third-order valence-corrected chi connectivity index (χ3v) is 3.43. The van der Waals surface area contributed by atoms with Gasteiger partial charge in [0.25, 0.3) is 0 Å². The molecule has 92 valence electrons. The molecule has 2 fully saturated rings. The molecule has 16 heavy (non-hydrogen) atoms. The number of nitrogens with two attached hydrogens (primary N) is 1. The number of hydrogen-bond acceptors (Lipinski definition) is 3. The van der Waals surface area contributed by atoms with Gasteiger partial charge in [-0.2, -0.15) is 0 Å². The van der Waals surface area contributed by atoms with Crippen LogP contribution in [0.15, 0.2) is 0 Å². The van der Waals surface area contributed by atoms with Gasteiger partial charge in [0.2, 0.25) is 0 Å². The Bertz CT molecular complexity index is 252. The second-order valence-electron chi connectivity index (χ2n) is 4.56. The summed E-state index contributed by atoms with van der Waals surface area (Å²) in [6, 6.07) is 0.0542. The lowest BCUT2D eigenvalue weighted by Crippen LogP contribution is -2.66. The van der Waals surface area contributed by atoms with E-state index in [4.69, 9.17) is 10.5 Å². The zero-order chi connectivity index (χ0) is 11.5. The number of urea groups is 1. The molecule has 0 spiro atoms. The highest BCUT2D eigenvalue weighted by molar-refractivity contribution is 5.75. The summed E-state index contributed by atoms with van der Waals surface area (Å²) in [5.41, 5.74) is 5.88. The van der Waals surface area contributed by atoms with Gasteiger partial charge in [0.15, 0.2) is 0 Å². The first-order chi connectivity index (χ1) is 7.72. The van der Waals surface area contributed by atoms with Crippen molar-refractivity contribution in [3.05, 3.63) is 0 Å². The van der Waals surface area contributed by atoms with Crippen molar-refractivity contribution in [2.45, 2.75) is 44.4 Å². The molecule has 2 amide bonds. The van der Waals surface area contributed by atoms with E-state index in [9.17, 15) is 4.79 Å². The number of hydrogen-bond donors (Lipinski definition) is 2. The molecule has 0 bridgehead atoms. The fraction of sp³-hybridized carbons (Fsp3) is 0.909. The highest BCUT2D eigenvalue weighted by Gasteiger charge is 2.41. The number of nitrogens with zero attached hydrogens (tertiary/aromatic N) is 1. The van der Waals surface area contributed by atoms with Crippen LogP contribution in [0.2, 0.25) is 0 Å². The summed E-state index contributed by atoms with van der Waals surface area (Å²) in [6.45, 7) is 4.37. The van der Waals surface area contributed by atoms with Gasteiger partial charge in [-0.3, -0.25) is 0 Å². The van der Waals surface area contributed by atoms with Crippen LogP contribution >= 0.6 is 0 Å². The van der Waals surface area contributed by atoms with Gasteiger partial charge in [0.1, 0.15) is 0 Å². The molecule has 5 nitrogen and oxygen atoms in total. The van der Waals surface area contributed by atoms with Crippen molar-refractivity contribution < 1.29 is 9.53 Å². The summed E-state index contributed by atoms with van der Waals surface area (Å²) in [5.74, 6) is 0. The third kappa shape index (κ3) is 2.30. The number of rotatable bonds is 3. The van der Waals surface area contributed by atoms with Gasteiger partial charge >= 0.3 is 6.03 Å². The number of likely N-dealkylation sites (tertiary alicyclic amines) is 1. The van der Waals surface area contributed by atoms with Crippen LogP contribution in [0.4, 0.5) is 4.79 Å². The minimum Gasteiger partial charge on any atom is -0.376 e. The van der Waals surface area contributed by atoms with Gasteiger partial charge in [0.05, 0.1) is 12.1 Å². The maximum atomic E-state index is 11.8. The maximum Gasteiger partial charge on any atom is 0.317 e. The van der Waals surface area contributed by atoms with Crippen LogP contribution < -0.4 is 11.1 Å². The first-order valence-corrected chi connectivity index (χ1v) is 6.15. The van der Waals surface area contributed by atoms with E-state index in [0.717, 1.165) is 32.4 Å². The first kappa shape index (κ1) is 11.7. The Kier molecular flexibility index (Phi) is 3.66. The van der Waals surface area contributed by atoms with Gasteiger partial charge in [-0.1, -0.05) is 0 Å². The third-order valence-electron chi connectivity index (χ3n) is 3.43. The van der Waals surface area contributed by atoms with Crippen LogP contribution in [0, 0.1) is 0 Å². The monoisotopic (exact) mass is 227 g/mol. The molecule has 1 heterocycles. The van der Waals surface area contributed by atoms with E-state index in [0.29, 0.717) is 6.61 Å². The zero-order valence-corrected chi connectivity index (χ0v) is 9.82. The summed E-state index contributed by atoms with van der Waals surface area (Å²) in [6.07, 6.45) is 3.17. The Balaban J connectivity index is 1.80. The Morgan fingerprint density at radius 1 is 1.50 bits per heavy atom. The highest BCUT2D eigenvalue weighted by atomic mass is 16.5. The van der Waals surface area contributed by atoms with Crippen LogP contribution in [-0.4, -0.2) is 48.8 Å². The van der Waals surface area contributed by atoms with Crippen molar-refractivity contribution in [2.24, 2.45) is 5.73 Å². The van der Waals surface area contributed by atoms with E-state index >= 15 is 0 Å². The number of carbonyl (C=O) groups is 1. The summed E-state index contributed by atoms with van der Waals surface area (Å²) in [5, 5.41) is 2.98. The average Bonchev–Trinajstić information content (AvgIpc) is 2.79. The molecule has 0 aromatic carbocycles. The summed E-state index contributed by atoms with van der Waals surface area (Å²) in [4.78, 5) is 13.7. The molecule has 1 saturated heterocycles. The van der Waals surface area contributed by atoms with Gasteiger partial charge in [-0.25, -0.2) is 4.79 Å². The van der Waals surface area contributed by atoms with Gasteiger partial charge in [-0.15, -0.1) is 0 Å². The lowest BCUT2D eigenvalue weighted by atomic mass is 9.83. The second-order valence-corrected chi connectivity index (χ2v) is 4.56. The minimum absolute atomic E-state index is 0.00644. The van der Waals surface area contributed by atoms with E-state index in [-0.39, 0.29) is 24.2 Å². The molecule has 1 saturated carbocycles. The summed E-state index contributed by atoms with van der Waals surface area (Å²) in [7, 11) is 0. The van der Waals surface area contributed by atoms with Crippen molar-refractivity contribution in [1.82, 2.24) is 10.2 Å². The fourth-order valence-electron chi connectivity index (χ4n) is 2.38. The number of amides is 2. The van der Waals surface area contributed by atoms with Crippen LogP contribution in [0.3, 0.4) is 0 Å². The number of carbonyl (C=O) groups excluding carboxylic acids is 1. The SMILES string of the molecule is CCOC1CC(N)C1NC(=O)N1CCCC1. The predicted molar refractivity (Wildman–Crippen MR) is 61.1 cm³/mol. The highest BCUT2D eigenvalue weighted by Crippen LogP contribution is 2.23. The Hall–Kier alpha value is -0.810. The number of ether oxygens (including phenoxy) is 1. The molecule has 2 rings (SSSR count). The molecular formula is C11H21N3O2. The van der Waals surface area contributed by atoms with Crippen molar-refractivity contribution in [3.8, 4) is 0 Å². The lowest BCUT2D eigenvalue weighted by Gasteiger charge is -2.42. The topological polar surface area (TPSA) is 67.6 Å². The predicted octanol–water partition coefficient (Wildman–Crippen LogP) is 0.297.